The van der Waals surface area contributed by atoms with Crippen molar-refractivity contribution < 1.29 is 9.47 Å². The highest BCUT2D eigenvalue weighted by molar-refractivity contribution is 5.15. The summed E-state index contributed by atoms with van der Waals surface area (Å²) < 4.78 is 12.0. The Morgan fingerprint density at radius 1 is 1.14 bits per heavy atom. The fraction of sp³-hybridized carbons (Fsp3) is 0.900. The molecule has 0 aromatic carbocycles. The molecule has 0 amide bonds. The SMILES string of the molecule is C=C1CC[C@H]2C(C)(C)CCC[C@]2(C)C1COC1CCCCO1. The van der Waals surface area contributed by atoms with Crippen LogP contribution in [0.4, 0.5) is 0 Å². The van der Waals surface area contributed by atoms with E-state index < -0.39 is 0 Å². The van der Waals surface area contributed by atoms with Gasteiger partial charge in [-0.2, -0.15) is 0 Å². The third-order valence-electron chi connectivity index (χ3n) is 6.91. The van der Waals surface area contributed by atoms with Crippen LogP contribution in [0.5, 0.6) is 0 Å². The third kappa shape index (κ3) is 3.01. The summed E-state index contributed by atoms with van der Waals surface area (Å²) >= 11 is 0. The van der Waals surface area contributed by atoms with Gasteiger partial charge in [0.2, 0.25) is 0 Å². The second kappa shape index (κ2) is 6.28. The molecule has 2 aliphatic carbocycles. The minimum absolute atomic E-state index is 0.0297. The largest absolute Gasteiger partial charge is 0.353 e. The lowest BCUT2D eigenvalue weighted by Crippen LogP contribution is -2.51. The predicted octanol–water partition coefficient (Wildman–Crippen LogP) is 5.33. The Labute approximate surface area is 136 Å². The number of hydrogen-bond donors (Lipinski definition) is 0. The van der Waals surface area contributed by atoms with Gasteiger partial charge in [-0.3, -0.25) is 0 Å². The summed E-state index contributed by atoms with van der Waals surface area (Å²) in [7, 11) is 0. The van der Waals surface area contributed by atoms with Gasteiger partial charge in [0.25, 0.3) is 0 Å². The maximum absolute atomic E-state index is 6.19. The zero-order valence-corrected chi connectivity index (χ0v) is 14.8. The number of rotatable bonds is 3. The highest BCUT2D eigenvalue weighted by Crippen LogP contribution is 2.60. The molecule has 0 aromatic heterocycles. The van der Waals surface area contributed by atoms with E-state index in [9.17, 15) is 0 Å². The summed E-state index contributed by atoms with van der Waals surface area (Å²) in [6.07, 6.45) is 10.1. The molecule has 0 spiro atoms. The molecule has 0 aromatic rings. The van der Waals surface area contributed by atoms with E-state index in [0.29, 0.717) is 16.7 Å². The van der Waals surface area contributed by atoms with Crippen molar-refractivity contribution in [2.75, 3.05) is 13.2 Å². The summed E-state index contributed by atoms with van der Waals surface area (Å²) in [6, 6.07) is 0. The lowest BCUT2D eigenvalue weighted by molar-refractivity contribution is -0.181. The Morgan fingerprint density at radius 2 is 1.95 bits per heavy atom. The predicted molar refractivity (Wildman–Crippen MR) is 90.6 cm³/mol. The van der Waals surface area contributed by atoms with E-state index in [1.54, 1.807) is 0 Å². The Kier molecular flexibility index (Phi) is 4.71. The molecule has 0 radical (unpaired) electrons. The van der Waals surface area contributed by atoms with E-state index in [1.165, 1.54) is 50.5 Å². The topological polar surface area (TPSA) is 18.5 Å². The Hall–Kier alpha value is -0.340. The van der Waals surface area contributed by atoms with E-state index in [-0.39, 0.29) is 6.29 Å². The molecule has 3 rings (SSSR count). The number of ether oxygens (including phenoxy) is 2. The quantitative estimate of drug-likeness (QED) is 0.656. The van der Waals surface area contributed by atoms with Crippen LogP contribution in [0.3, 0.4) is 0 Å². The first-order valence-electron chi connectivity index (χ1n) is 9.34. The van der Waals surface area contributed by atoms with Crippen molar-refractivity contribution in [1.82, 2.24) is 0 Å². The van der Waals surface area contributed by atoms with Gasteiger partial charge in [0.05, 0.1) is 6.61 Å². The molecule has 3 fully saturated rings. The van der Waals surface area contributed by atoms with Crippen molar-refractivity contribution >= 4 is 0 Å². The number of fused-ring (bicyclic) bond motifs is 1. The van der Waals surface area contributed by atoms with Gasteiger partial charge in [0.15, 0.2) is 6.29 Å². The lowest BCUT2D eigenvalue weighted by Gasteiger charge is -2.58. The first kappa shape index (κ1) is 16.5. The van der Waals surface area contributed by atoms with Crippen molar-refractivity contribution in [1.29, 1.82) is 0 Å². The minimum atomic E-state index is 0.0297. The molecular weight excluding hydrogens is 272 g/mol. The van der Waals surface area contributed by atoms with Gasteiger partial charge in [-0.15, -0.1) is 0 Å². The van der Waals surface area contributed by atoms with Gasteiger partial charge >= 0.3 is 0 Å². The van der Waals surface area contributed by atoms with E-state index in [1.807, 2.05) is 0 Å². The van der Waals surface area contributed by atoms with Gasteiger partial charge in [0.1, 0.15) is 0 Å². The summed E-state index contributed by atoms with van der Waals surface area (Å²) in [6.45, 7) is 13.6. The molecule has 2 nitrogen and oxygen atoms in total. The monoisotopic (exact) mass is 306 g/mol. The maximum atomic E-state index is 6.19. The van der Waals surface area contributed by atoms with E-state index in [2.05, 4.69) is 27.4 Å². The summed E-state index contributed by atoms with van der Waals surface area (Å²) in [5, 5.41) is 0. The average Bonchev–Trinajstić information content (AvgIpc) is 2.46. The molecule has 0 bridgehead atoms. The molecule has 0 N–H and O–H groups in total. The molecule has 4 atom stereocenters. The Balaban J connectivity index is 1.71. The highest BCUT2D eigenvalue weighted by Gasteiger charge is 2.52. The molecule has 2 unspecified atom stereocenters. The summed E-state index contributed by atoms with van der Waals surface area (Å²) in [4.78, 5) is 0. The van der Waals surface area contributed by atoms with Gasteiger partial charge in [-0.1, -0.05) is 39.3 Å². The highest BCUT2D eigenvalue weighted by atomic mass is 16.7. The van der Waals surface area contributed by atoms with Crippen LogP contribution < -0.4 is 0 Å². The molecule has 126 valence electrons. The van der Waals surface area contributed by atoms with Crippen LogP contribution in [0, 0.1) is 22.7 Å². The summed E-state index contributed by atoms with van der Waals surface area (Å²) in [5.41, 5.74) is 2.26. The molecule has 22 heavy (non-hydrogen) atoms. The van der Waals surface area contributed by atoms with E-state index in [0.717, 1.165) is 25.6 Å². The average molecular weight is 306 g/mol. The standard InChI is InChI=1S/C20H34O2/c1-15-9-10-17-19(2,3)11-7-12-20(17,4)16(15)14-22-18-8-5-6-13-21-18/h16-18H,1,5-14H2,2-4H3/t16?,17-,18?,20+/m0/s1. The van der Waals surface area contributed by atoms with Gasteiger partial charge < -0.3 is 9.47 Å². The second-order valence-corrected chi connectivity index (χ2v) is 8.78. The fourth-order valence-electron chi connectivity index (χ4n) is 5.63. The molecule has 2 heteroatoms. The van der Waals surface area contributed by atoms with Gasteiger partial charge in [0, 0.05) is 12.5 Å². The molecule has 1 saturated heterocycles. The second-order valence-electron chi connectivity index (χ2n) is 8.78. The maximum Gasteiger partial charge on any atom is 0.157 e. The summed E-state index contributed by atoms with van der Waals surface area (Å²) in [5.74, 6) is 1.32. The van der Waals surface area contributed by atoms with Crippen molar-refractivity contribution in [2.45, 2.75) is 78.4 Å². The van der Waals surface area contributed by atoms with Crippen LogP contribution in [0.15, 0.2) is 12.2 Å². The van der Waals surface area contributed by atoms with Gasteiger partial charge in [-0.25, -0.2) is 0 Å². The van der Waals surface area contributed by atoms with E-state index >= 15 is 0 Å². The zero-order valence-electron chi connectivity index (χ0n) is 14.8. The van der Waals surface area contributed by atoms with Crippen LogP contribution >= 0.6 is 0 Å². The van der Waals surface area contributed by atoms with Crippen molar-refractivity contribution in [3.63, 3.8) is 0 Å². The minimum Gasteiger partial charge on any atom is -0.353 e. The third-order valence-corrected chi connectivity index (χ3v) is 6.91. The van der Waals surface area contributed by atoms with E-state index in [4.69, 9.17) is 9.47 Å². The Morgan fingerprint density at radius 3 is 2.68 bits per heavy atom. The van der Waals surface area contributed by atoms with Crippen LogP contribution in [0.2, 0.25) is 0 Å². The Bertz CT molecular complexity index is 408. The zero-order chi connectivity index (χ0) is 15.8. The first-order valence-corrected chi connectivity index (χ1v) is 9.34. The van der Waals surface area contributed by atoms with Crippen molar-refractivity contribution in [3.8, 4) is 0 Å². The van der Waals surface area contributed by atoms with Crippen LogP contribution in [-0.2, 0) is 9.47 Å². The molecular formula is C20H34O2. The molecule has 1 heterocycles. The number of hydrogen-bond acceptors (Lipinski definition) is 2. The van der Waals surface area contributed by atoms with Crippen LogP contribution in [-0.4, -0.2) is 19.5 Å². The lowest BCUT2D eigenvalue weighted by atomic mass is 9.48. The molecule has 1 aliphatic heterocycles. The van der Waals surface area contributed by atoms with Crippen molar-refractivity contribution in [3.05, 3.63) is 12.2 Å². The normalized spacial score (nSPS) is 42.0. The van der Waals surface area contributed by atoms with Crippen LogP contribution in [0.25, 0.3) is 0 Å². The molecule has 3 aliphatic rings. The smallest absolute Gasteiger partial charge is 0.157 e. The van der Waals surface area contributed by atoms with Crippen LogP contribution in [0.1, 0.15) is 72.1 Å². The molecule has 2 saturated carbocycles. The first-order chi connectivity index (χ1) is 10.4. The fourth-order valence-corrected chi connectivity index (χ4v) is 5.63. The van der Waals surface area contributed by atoms with Crippen molar-refractivity contribution in [2.24, 2.45) is 22.7 Å². The van der Waals surface area contributed by atoms with Gasteiger partial charge in [-0.05, 0) is 61.7 Å².